The van der Waals surface area contributed by atoms with Crippen LogP contribution in [0.2, 0.25) is 0 Å². The fourth-order valence-electron chi connectivity index (χ4n) is 3.70. The van der Waals surface area contributed by atoms with Crippen LogP contribution in [-0.4, -0.2) is 35.6 Å². The van der Waals surface area contributed by atoms with Gasteiger partial charge in [0.15, 0.2) is 5.82 Å². The van der Waals surface area contributed by atoms with Crippen LogP contribution in [0.5, 0.6) is 0 Å². The van der Waals surface area contributed by atoms with E-state index in [1.54, 1.807) is 0 Å². The van der Waals surface area contributed by atoms with Crippen LogP contribution >= 0.6 is 15.9 Å². The summed E-state index contributed by atoms with van der Waals surface area (Å²) in [4.78, 5) is 33.0. The molecule has 10 nitrogen and oxygen atoms in total. The summed E-state index contributed by atoms with van der Waals surface area (Å²) >= 11 is 2.92. The number of anilines is 1. The molecule has 1 fully saturated rings. The number of nitrogens with zero attached hydrogens (tertiary/aromatic N) is 4. The lowest BCUT2D eigenvalue weighted by atomic mass is 9.86. The van der Waals surface area contributed by atoms with E-state index in [0.29, 0.717) is 12.8 Å². The average molecular weight is 457 g/mol. The summed E-state index contributed by atoms with van der Waals surface area (Å²) < 4.78 is 19.3. The standard InChI is InChI=1S/C16H18BrFN6O4/c1-28-13(25)10-11(18)8(17)7-9(24(26)27)12(10)23-15(20)21-14(19)22-16(23)5-3-2-4-6-16/h7H,2-6H2,1H3,(H4,19,20,21,22). The van der Waals surface area contributed by atoms with Gasteiger partial charge in [-0.2, -0.15) is 4.99 Å². The lowest BCUT2D eigenvalue weighted by Crippen LogP contribution is -2.58. The zero-order chi connectivity index (χ0) is 20.6. The minimum Gasteiger partial charge on any atom is -0.465 e. The molecule has 2 aliphatic rings. The molecule has 1 saturated carbocycles. The van der Waals surface area contributed by atoms with Crippen molar-refractivity contribution in [3.05, 3.63) is 32.0 Å². The van der Waals surface area contributed by atoms with Gasteiger partial charge in [0.05, 0.1) is 16.5 Å². The van der Waals surface area contributed by atoms with Gasteiger partial charge in [-0.05, 0) is 41.6 Å². The Bertz CT molecular complexity index is 913. The lowest BCUT2D eigenvalue weighted by Gasteiger charge is -2.45. The number of nitrogens with two attached hydrogens (primary N) is 2. The summed E-state index contributed by atoms with van der Waals surface area (Å²) in [5.41, 5.74) is 9.27. The molecule has 1 aliphatic carbocycles. The summed E-state index contributed by atoms with van der Waals surface area (Å²) in [6, 6.07) is 0.975. The zero-order valence-corrected chi connectivity index (χ0v) is 16.5. The molecule has 28 heavy (non-hydrogen) atoms. The fourth-order valence-corrected chi connectivity index (χ4v) is 4.12. The number of benzene rings is 1. The molecule has 0 aromatic heterocycles. The SMILES string of the molecule is COC(=O)c1c(F)c(Br)cc([N+](=O)[O-])c1N1C(N)=NC(N)=NC12CCCCC2. The number of hydrogen-bond acceptors (Lipinski definition) is 9. The molecule has 150 valence electrons. The molecule has 1 aromatic rings. The summed E-state index contributed by atoms with van der Waals surface area (Å²) in [7, 11) is 1.05. The molecule has 4 N–H and O–H groups in total. The van der Waals surface area contributed by atoms with Crippen LogP contribution < -0.4 is 16.4 Å². The highest BCUT2D eigenvalue weighted by Gasteiger charge is 2.47. The van der Waals surface area contributed by atoms with Crippen LogP contribution in [0.15, 0.2) is 20.5 Å². The van der Waals surface area contributed by atoms with Gasteiger partial charge >= 0.3 is 5.97 Å². The van der Waals surface area contributed by atoms with Gasteiger partial charge in [-0.25, -0.2) is 14.2 Å². The molecule has 1 aliphatic heterocycles. The summed E-state index contributed by atoms with van der Waals surface area (Å²) in [5.74, 6) is -2.37. The number of hydrogen-bond donors (Lipinski definition) is 2. The Balaban J connectivity index is 2.37. The Kier molecular flexibility index (Phi) is 5.24. The molecule has 0 radical (unpaired) electrons. The van der Waals surface area contributed by atoms with Gasteiger partial charge in [0.25, 0.3) is 5.69 Å². The minimum absolute atomic E-state index is 0.0736. The van der Waals surface area contributed by atoms with Gasteiger partial charge in [-0.1, -0.05) is 6.42 Å². The number of guanidine groups is 2. The number of carbonyl (C=O) groups is 1. The van der Waals surface area contributed by atoms with E-state index in [4.69, 9.17) is 11.5 Å². The number of esters is 1. The van der Waals surface area contributed by atoms with E-state index in [1.165, 1.54) is 4.90 Å². The van der Waals surface area contributed by atoms with Crippen molar-refractivity contribution in [2.45, 2.75) is 37.8 Å². The quantitative estimate of drug-likeness (QED) is 0.402. The first-order valence-corrected chi connectivity index (χ1v) is 9.25. The first-order chi connectivity index (χ1) is 13.2. The van der Waals surface area contributed by atoms with E-state index in [9.17, 15) is 19.3 Å². The van der Waals surface area contributed by atoms with Crippen molar-refractivity contribution in [1.82, 2.24) is 0 Å². The largest absolute Gasteiger partial charge is 0.465 e. The van der Waals surface area contributed by atoms with Crippen molar-refractivity contribution in [3.8, 4) is 0 Å². The predicted octanol–water partition coefficient (Wildman–Crippen LogP) is 2.39. The van der Waals surface area contributed by atoms with E-state index in [1.807, 2.05) is 0 Å². The molecule has 0 saturated heterocycles. The third-order valence-electron chi connectivity index (χ3n) is 4.83. The van der Waals surface area contributed by atoms with E-state index in [-0.39, 0.29) is 22.1 Å². The maximum atomic E-state index is 14.9. The highest BCUT2D eigenvalue weighted by molar-refractivity contribution is 9.10. The molecular formula is C16H18BrFN6O4. The number of methoxy groups -OCH3 is 1. The summed E-state index contributed by atoms with van der Waals surface area (Å²) in [5, 5.41) is 11.8. The second-order valence-electron chi connectivity index (χ2n) is 6.48. The third-order valence-corrected chi connectivity index (χ3v) is 5.41. The minimum atomic E-state index is -1.10. The van der Waals surface area contributed by atoms with Crippen molar-refractivity contribution < 1.29 is 18.8 Å². The number of carbonyl (C=O) groups excluding carboxylic acids is 1. The third kappa shape index (κ3) is 3.17. The van der Waals surface area contributed by atoms with E-state index in [0.717, 1.165) is 32.4 Å². The van der Waals surface area contributed by atoms with Crippen LogP contribution in [0, 0.1) is 15.9 Å². The van der Waals surface area contributed by atoms with Crippen LogP contribution in [0.3, 0.4) is 0 Å². The Labute approximate surface area is 167 Å². The topological polar surface area (TPSA) is 149 Å². The van der Waals surface area contributed by atoms with Crippen molar-refractivity contribution in [1.29, 1.82) is 0 Å². The smallest absolute Gasteiger partial charge is 0.343 e. The first-order valence-electron chi connectivity index (χ1n) is 8.46. The molecule has 3 rings (SSSR count). The van der Waals surface area contributed by atoms with Gasteiger partial charge in [0.2, 0.25) is 11.9 Å². The maximum absolute atomic E-state index is 14.9. The van der Waals surface area contributed by atoms with Gasteiger partial charge < -0.3 is 16.2 Å². The van der Waals surface area contributed by atoms with Crippen LogP contribution in [0.25, 0.3) is 0 Å². The summed E-state index contributed by atoms with van der Waals surface area (Å²) in [6.07, 6.45) is 3.35. The number of rotatable bonds is 3. The maximum Gasteiger partial charge on any atom is 0.343 e. The fraction of sp³-hybridized carbons (Fsp3) is 0.438. The number of nitro benzene ring substituents is 1. The van der Waals surface area contributed by atoms with Crippen LogP contribution in [0.1, 0.15) is 42.5 Å². The van der Waals surface area contributed by atoms with Gasteiger partial charge in [-0.3, -0.25) is 15.0 Å². The second kappa shape index (κ2) is 7.34. The number of halogens is 2. The zero-order valence-electron chi connectivity index (χ0n) is 14.9. The van der Waals surface area contributed by atoms with Crippen molar-refractivity contribution in [3.63, 3.8) is 0 Å². The number of nitro groups is 1. The van der Waals surface area contributed by atoms with Gasteiger partial charge in [0, 0.05) is 6.07 Å². The van der Waals surface area contributed by atoms with Crippen molar-refractivity contribution in [2.75, 3.05) is 12.0 Å². The molecule has 1 heterocycles. The van der Waals surface area contributed by atoms with Crippen molar-refractivity contribution in [2.24, 2.45) is 21.5 Å². The Morgan fingerprint density at radius 3 is 2.61 bits per heavy atom. The van der Waals surface area contributed by atoms with Crippen LogP contribution in [-0.2, 0) is 4.74 Å². The second-order valence-corrected chi connectivity index (χ2v) is 7.34. The Hall–Kier alpha value is -2.76. The lowest BCUT2D eigenvalue weighted by molar-refractivity contribution is -0.384. The molecule has 0 atom stereocenters. The number of ether oxygens (including phenoxy) is 1. The van der Waals surface area contributed by atoms with E-state index >= 15 is 0 Å². The molecule has 0 bridgehead atoms. The Morgan fingerprint density at radius 1 is 1.39 bits per heavy atom. The molecule has 1 spiro atoms. The molecule has 1 aromatic carbocycles. The van der Waals surface area contributed by atoms with E-state index < -0.39 is 33.6 Å². The molecular weight excluding hydrogens is 439 g/mol. The Morgan fingerprint density at radius 2 is 2.04 bits per heavy atom. The monoisotopic (exact) mass is 456 g/mol. The van der Waals surface area contributed by atoms with Crippen LogP contribution in [0.4, 0.5) is 15.8 Å². The first kappa shape index (κ1) is 20.0. The predicted molar refractivity (Wildman–Crippen MR) is 104 cm³/mol. The van der Waals surface area contributed by atoms with E-state index in [2.05, 4.69) is 30.7 Å². The molecule has 12 heteroatoms. The average Bonchev–Trinajstić information content (AvgIpc) is 2.63. The van der Waals surface area contributed by atoms with Crippen molar-refractivity contribution >= 4 is 45.2 Å². The highest BCUT2D eigenvalue weighted by atomic mass is 79.9. The van der Waals surface area contributed by atoms with Gasteiger partial charge in [-0.15, -0.1) is 0 Å². The summed E-state index contributed by atoms with van der Waals surface area (Å²) in [6.45, 7) is 0. The molecule has 0 unspecified atom stereocenters. The molecule has 0 amide bonds. The highest BCUT2D eigenvalue weighted by Crippen LogP contribution is 2.46. The normalized spacial score (nSPS) is 18.5. The van der Waals surface area contributed by atoms with Gasteiger partial charge in [0.1, 0.15) is 16.9 Å². The number of aliphatic imine (C=N–C) groups is 2.